The standard InChI is InChI=1S/C16H23N7/c1-5-7-22-10-18-20-15(22)9-17-14-8-13(6-2)19-16-11(3)12(4)21-23(14)16/h8,10,17H,5-7,9H2,1-4H3. The molecule has 3 aromatic rings. The number of fused-ring (bicyclic) bond motifs is 1. The van der Waals surface area contributed by atoms with Gasteiger partial charge in [-0.3, -0.25) is 0 Å². The molecule has 0 saturated heterocycles. The lowest BCUT2D eigenvalue weighted by molar-refractivity contribution is 0.643. The number of nitrogens with one attached hydrogen (secondary N) is 1. The van der Waals surface area contributed by atoms with Gasteiger partial charge in [-0.2, -0.15) is 9.61 Å². The zero-order chi connectivity index (χ0) is 16.4. The lowest BCUT2D eigenvalue weighted by Crippen LogP contribution is -2.12. The molecule has 7 nitrogen and oxygen atoms in total. The van der Waals surface area contributed by atoms with E-state index in [1.807, 2.05) is 11.4 Å². The predicted octanol–water partition coefficient (Wildman–Crippen LogP) is 2.52. The number of anilines is 1. The lowest BCUT2D eigenvalue weighted by atomic mass is 10.2. The molecule has 0 aliphatic carbocycles. The van der Waals surface area contributed by atoms with Crippen molar-refractivity contribution in [3.8, 4) is 0 Å². The molecule has 0 atom stereocenters. The van der Waals surface area contributed by atoms with Crippen LogP contribution in [0.3, 0.4) is 0 Å². The van der Waals surface area contributed by atoms with Crippen LogP contribution >= 0.6 is 0 Å². The smallest absolute Gasteiger partial charge is 0.160 e. The average Bonchev–Trinajstić information content (AvgIpc) is 3.11. The molecule has 0 spiro atoms. The Bertz CT molecular complexity index is 815. The SMILES string of the molecule is CCCn1cnnc1CNc1cc(CC)nc2c(C)c(C)nn12. The van der Waals surface area contributed by atoms with Crippen molar-refractivity contribution in [2.75, 3.05) is 5.32 Å². The Morgan fingerprint density at radius 3 is 2.78 bits per heavy atom. The summed E-state index contributed by atoms with van der Waals surface area (Å²) in [5.74, 6) is 1.87. The van der Waals surface area contributed by atoms with Crippen molar-refractivity contribution in [2.24, 2.45) is 0 Å². The van der Waals surface area contributed by atoms with Gasteiger partial charge >= 0.3 is 0 Å². The largest absolute Gasteiger partial charge is 0.363 e. The second-order valence-corrected chi connectivity index (χ2v) is 5.73. The molecule has 0 aromatic carbocycles. The van der Waals surface area contributed by atoms with E-state index in [-0.39, 0.29) is 0 Å². The van der Waals surface area contributed by atoms with E-state index >= 15 is 0 Å². The van der Waals surface area contributed by atoms with Gasteiger partial charge in [-0.05, 0) is 26.7 Å². The summed E-state index contributed by atoms with van der Waals surface area (Å²) in [5.41, 5.74) is 4.10. The van der Waals surface area contributed by atoms with E-state index in [0.717, 1.165) is 53.6 Å². The summed E-state index contributed by atoms with van der Waals surface area (Å²) in [5, 5.41) is 16.2. The highest BCUT2D eigenvalue weighted by Crippen LogP contribution is 2.19. The molecule has 0 amide bonds. The maximum Gasteiger partial charge on any atom is 0.160 e. The Balaban J connectivity index is 1.92. The minimum Gasteiger partial charge on any atom is -0.363 e. The molecule has 1 N–H and O–H groups in total. The van der Waals surface area contributed by atoms with Gasteiger partial charge in [0.05, 0.1) is 12.2 Å². The fourth-order valence-electron chi connectivity index (χ4n) is 2.60. The van der Waals surface area contributed by atoms with Gasteiger partial charge in [-0.1, -0.05) is 13.8 Å². The molecule has 0 fully saturated rings. The van der Waals surface area contributed by atoms with Crippen LogP contribution in [-0.2, 0) is 19.5 Å². The van der Waals surface area contributed by atoms with Gasteiger partial charge in [-0.25, -0.2) is 4.98 Å². The highest BCUT2D eigenvalue weighted by molar-refractivity contribution is 5.56. The van der Waals surface area contributed by atoms with Crippen LogP contribution in [0.2, 0.25) is 0 Å². The zero-order valence-corrected chi connectivity index (χ0v) is 14.2. The summed E-state index contributed by atoms with van der Waals surface area (Å²) in [6.45, 7) is 9.87. The number of hydrogen-bond acceptors (Lipinski definition) is 5. The summed E-state index contributed by atoms with van der Waals surface area (Å²) in [6.07, 6.45) is 3.73. The van der Waals surface area contributed by atoms with E-state index in [0.29, 0.717) is 6.54 Å². The molecule has 3 aromatic heterocycles. The van der Waals surface area contributed by atoms with Crippen molar-refractivity contribution in [1.29, 1.82) is 0 Å². The average molecular weight is 313 g/mol. The molecule has 7 heteroatoms. The Morgan fingerprint density at radius 2 is 2.04 bits per heavy atom. The van der Waals surface area contributed by atoms with Crippen LogP contribution in [-0.4, -0.2) is 29.4 Å². The van der Waals surface area contributed by atoms with Crippen LogP contribution in [0.5, 0.6) is 0 Å². The van der Waals surface area contributed by atoms with E-state index in [4.69, 9.17) is 4.98 Å². The molecule has 3 rings (SSSR count). The number of aromatic nitrogens is 6. The minimum atomic E-state index is 0.611. The van der Waals surface area contributed by atoms with Gasteiger partial charge in [0.25, 0.3) is 0 Å². The van der Waals surface area contributed by atoms with Crippen molar-refractivity contribution in [3.05, 3.63) is 35.2 Å². The monoisotopic (exact) mass is 313 g/mol. The first-order valence-electron chi connectivity index (χ1n) is 8.10. The van der Waals surface area contributed by atoms with Crippen LogP contribution in [0, 0.1) is 13.8 Å². The van der Waals surface area contributed by atoms with Crippen LogP contribution in [0.15, 0.2) is 12.4 Å². The second-order valence-electron chi connectivity index (χ2n) is 5.73. The van der Waals surface area contributed by atoms with E-state index in [1.165, 1.54) is 0 Å². The van der Waals surface area contributed by atoms with Crippen molar-refractivity contribution < 1.29 is 0 Å². The zero-order valence-electron chi connectivity index (χ0n) is 14.2. The summed E-state index contributed by atoms with van der Waals surface area (Å²) in [4.78, 5) is 4.69. The van der Waals surface area contributed by atoms with Crippen LogP contribution in [0.4, 0.5) is 5.82 Å². The summed E-state index contributed by atoms with van der Waals surface area (Å²) in [7, 11) is 0. The second kappa shape index (κ2) is 6.36. The van der Waals surface area contributed by atoms with Crippen molar-refractivity contribution in [3.63, 3.8) is 0 Å². The van der Waals surface area contributed by atoms with Crippen LogP contribution < -0.4 is 5.32 Å². The molecule has 122 valence electrons. The fraction of sp³-hybridized carbons (Fsp3) is 0.500. The van der Waals surface area contributed by atoms with E-state index < -0.39 is 0 Å². The highest BCUT2D eigenvalue weighted by atomic mass is 15.3. The van der Waals surface area contributed by atoms with Crippen molar-refractivity contribution >= 4 is 11.5 Å². The van der Waals surface area contributed by atoms with Gasteiger partial charge in [0.1, 0.15) is 12.1 Å². The molecule has 0 saturated carbocycles. The molecule has 0 unspecified atom stereocenters. The molecule has 0 aliphatic rings. The molecular formula is C16H23N7. The number of hydrogen-bond donors (Lipinski definition) is 1. The third-order valence-electron chi connectivity index (χ3n) is 4.06. The third kappa shape index (κ3) is 2.91. The van der Waals surface area contributed by atoms with Gasteiger partial charge in [0, 0.05) is 23.9 Å². The van der Waals surface area contributed by atoms with E-state index in [9.17, 15) is 0 Å². The van der Waals surface area contributed by atoms with Crippen LogP contribution in [0.1, 0.15) is 43.0 Å². The number of aryl methyl sites for hydroxylation is 4. The minimum absolute atomic E-state index is 0.611. The predicted molar refractivity (Wildman–Crippen MR) is 89.5 cm³/mol. The van der Waals surface area contributed by atoms with Crippen LogP contribution in [0.25, 0.3) is 5.65 Å². The first kappa shape index (κ1) is 15.5. The Kier molecular flexibility index (Phi) is 4.27. The Labute approximate surface area is 135 Å². The molecule has 3 heterocycles. The molecule has 0 bridgehead atoms. The van der Waals surface area contributed by atoms with E-state index in [2.05, 4.69) is 52.0 Å². The van der Waals surface area contributed by atoms with Gasteiger partial charge in [0.15, 0.2) is 11.5 Å². The number of rotatable bonds is 6. The maximum atomic E-state index is 4.69. The lowest BCUT2D eigenvalue weighted by Gasteiger charge is -2.10. The molecule has 0 radical (unpaired) electrons. The normalized spacial score (nSPS) is 11.3. The van der Waals surface area contributed by atoms with Gasteiger partial charge in [-0.15, -0.1) is 10.2 Å². The van der Waals surface area contributed by atoms with Gasteiger partial charge < -0.3 is 9.88 Å². The fourth-order valence-corrected chi connectivity index (χ4v) is 2.60. The topological polar surface area (TPSA) is 72.9 Å². The molecule has 0 aliphatic heterocycles. The first-order valence-corrected chi connectivity index (χ1v) is 8.10. The van der Waals surface area contributed by atoms with Crippen molar-refractivity contribution in [1.82, 2.24) is 29.4 Å². The summed E-state index contributed by atoms with van der Waals surface area (Å²) < 4.78 is 3.95. The maximum absolute atomic E-state index is 4.69. The third-order valence-corrected chi connectivity index (χ3v) is 4.06. The first-order chi connectivity index (χ1) is 11.1. The molecular weight excluding hydrogens is 290 g/mol. The summed E-state index contributed by atoms with van der Waals surface area (Å²) >= 11 is 0. The number of nitrogens with zero attached hydrogens (tertiary/aromatic N) is 6. The Morgan fingerprint density at radius 1 is 1.22 bits per heavy atom. The summed E-state index contributed by atoms with van der Waals surface area (Å²) in [6, 6.07) is 2.05. The van der Waals surface area contributed by atoms with E-state index in [1.54, 1.807) is 6.33 Å². The molecule has 23 heavy (non-hydrogen) atoms. The van der Waals surface area contributed by atoms with Crippen molar-refractivity contribution in [2.45, 2.75) is 53.6 Å². The quantitative estimate of drug-likeness (QED) is 0.757. The Hall–Kier alpha value is -2.44. The van der Waals surface area contributed by atoms with Gasteiger partial charge in [0.2, 0.25) is 0 Å². The highest BCUT2D eigenvalue weighted by Gasteiger charge is 2.12.